The number of ether oxygens (including phenoxy) is 1. The molecule has 0 spiro atoms. The number of piperidine rings is 1. The zero-order valence-corrected chi connectivity index (χ0v) is 18.0. The van der Waals surface area contributed by atoms with E-state index < -0.39 is 26.7 Å². The van der Waals surface area contributed by atoms with Crippen molar-refractivity contribution in [3.05, 3.63) is 59.7 Å². The summed E-state index contributed by atoms with van der Waals surface area (Å²) in [6.45, 7) is 0.500. The van der Waals surface area contributed by atoms with Gasteiger partial charge in [0.1, 0.15) is 11.9 Å². The second kappa shape index (κ2) is 8.74. The molecule has 1 unspecified atom stereocenters. The van der Waals surface area contributed by atoms with Crippen LogP contribution < -0.4 is 10.1 Å². The van der Waals surface area contributed by atoms with Gasteiger partial charge >= 0.3 is 6.18 Å². The molecule has 2 aliphatic rings. The summed E-state index contributed by atoms with van der Waals surface area (Å²) in [5.41, 5.74) is 0.0870. The number of nitrogens with one attached hydrogen (secondary N) is 1. The van der Waals surface area contributed by atoms with Crippen LogP contribution in [-0.4, -0.2) is 44.4 Å². The first kappa shape index (κ1) is 22.6. The molecule has 172 valence electrons. The van der Waals surface area contributed by atoms with Gasteiger partial charge in [-0.1, -0.05) is 24.3 Å². The highest BCUT2D eigenvalue weighted by Crippen LogP contribution is 2.32. The number of amides is 1. The van der Waals surface area contributed by atoms with Gasteiger partial charge in [-0.05, 0) is 42.7 Å². The van der Waals surface area contributed by atoms with E-state index >= 15 is 0 Å². The summed E-state index contributed by atoms with van der Waals surface area (Å²) in [7, 11) is -4.07. The smallest absolute Gasteiger partial charge is 0.416 e. The number of carbonyl (C=O) groups excluding carboxylic acids is 1. The van der Waals surface area contributed by atoms with Gasteiger partial charge in [0.05, 0.1) is 17.0 Å². The third kappa shape index (κ3) is 4.75. The average molecular weight is 468 g/mol. The van der Waals surface area contributed by atoms with Crippen LogP contribution in [0.5, 0.6) is 5.75 Å². The van der Waals surface area contributed by atoms with Gasteiger partial charge in [-0.2, -0.15) is 17.5 Å². The maximum atomic E-state index is 12.9. The number of benzene rings is 2. The molecular formula is C22H23F3N2O4S. The van der Waals surface area contributed by atoms with E-state index in [2.05, 4.69) is 5.32 Å². The first-order valence-corrected chi connectivity index (χ1v) is 11.8. The topological polar surface area (TPSA) is 75.7 Å². The predicted octanol–water partition coefficient (Wildman–Crippen LogP) is 3.23. The van der Waals surface area contributed by atoms with Crippen molar-refractivity contribution < 1.29 is 31.1 Å². The highest BCUT2D eigenvalue weighted by Gasteiger charge is 2.35. The van der Waals surface area contributed by atoms with Crippen molar-refractivity contribution in [3.63, 3.8) is 0 Å². The minimum Gasteiger partial charge on any atom is -0.488 e. The lowest BCUT2D eigenvalue weighted by Crippen LogP contribution is -2.44. The molecule has 6 nitrogen and oxygen atoms in total. The normalized spacial score (nSPS) is 19.9. The molecule has 2 aliphatic heterocycles. The largest absolute Gasteiger partial charge is 0.488 e. The Kier molecular flexibility index (Phi) is 6.17. The van der Waals surface area contributed by atoms with Crippen molar-refractivity contribution in [1.82, 2.24) is 9.62 Å². The van der Waals surface area contributed by atoms with Crippen LogP contribution in [0.2, 0.25) is 0 Å². The molecule has 1 fully saturated rings. The first-order valence-electron chi connectivity index (χ1n) is 10.3. The number of hydrogen-bond acceptors (Lipinski definition) is 4. The lowest BCUT2D eigenvalue weighted by Gasteiger charge is -2.30. The van der Waals surface area contributed by atoms with Crippen molar-refractivity contribution in [1.29, 1.82) is 0 Å². The van der Waals surface area contributed by atoms with E-state index in [-0.39, 0.29) is 31.0 Å². The third-order valence-corrected chi connectivity index (χ3v) is 7.74. The van der Waals surface area contributed by atoms with Crippen molar-refractivity contribution in [2.75, 3.05) is 19.6 Å². The van der Waals surface area contributed by atoms with Gasteiger partial charge in [0, 0.05) is 25.4 Å². The number of hydrogen-bond donors (Lipinski definition) is 1. The van der Waals surface area contributed by atoms with Gasteiger partial charge in [0.15, 0.2) is 0 Å². The number of halogens is 3. The predicted molar refractivity (Wildman–Crippen MR) is 110 cm³/mol. The maximum absolute atomic E-state index is 12.9. The molecule has 1 atom stereocenters. The fourth-order valence-electron chi connectivity index (χ4n) is 4.07. The van der Waals surface area contributed by atoms with Crippen molar-refractivity contribution in [3.8, 4) is 5.75 Å². The maximum Gasteiger partial charge on any atom is 0.416 e. The standard InChI is InChI=1S/C22H23F3N2O4S/c23-22(24,25)17-5-3-6-19(13-17)32(29,30)27-10-8-15(9-11-27)21(28)26-14-18-12-16-4-1-2-7-20(16)31-18/h1-7,13,15,18H,8-12,14H2,(H,26,28). The molecule has 0 aliphatic carbocycles. The second-order valence-electron chi connectivity index (χ2n) is 8.00. The van der Waals surface area contributed by atoms with Crippen molar-refractivity contribution in [2.24, 2.45) is 5.92 Å². The van der Waals surface area contributed by atoms with Gasteiger partial charge in [-0.15, -0.1) is 0 Å². The highest BCUT2D eigenvalue weighted by atomic mass is 32.2. The summed E-state index contributed by atoms with van der Waals surface area (Å²) < 4.78 is 71.3. The van der Waals surface area contributed by atoms with Gasteiger partial charge < -0.3 is 10.1 Å². The molecule has 0 aromatic heterocycles. The number of nitrogens with zero attached hydrogens (tertiary/aromatic N) is 1. The van der Waals surface area contributed by atoms with Crippen LogP contribution in [0, 0.1) is 5.92 Å². The Hall–Kier alpha value is -2.59. The fourth-order valence-corrected chi connectivity index (χ4v) is 5.58. The number of sulfonamides is 1. The van der Waals surface area contributed by atoms with E-state index in [0.717, 1.165) is 33.8 Å². The lowest BCUT2D eigenvalue weighted by molar-refractivity contribution is -0.137. The van der Waals surface area contributed by atoms with Gasteiger partial charge in [0.25, 0.3) is 0 Å². The van der Waals surface area contributed by atoms with E-state index in [1.54, 1.807) is 0 Å². The summed E-state index contributed by atoms with van der Waals surface area (Å²) >= 11 is 0. The second-order valence-corrected chi connectivity index (χ2v) is 9.94. The SMILES string of the molecule is O=C(NCC1Cc2ccccc2O1)C1CCN(S(=O)(=O)c2cccc(C(F)(F)F)c2)CC1. The van der Waals surface area contributed by atoms with Gasteiger partial charge in [-0.3, -0.25) is 4.79 Å². The van der Waals surface area contributed by atoms with Crippen LogP contribution in [0.3, 0.4) is 0 Å². The monoisotopic (exact) mass is 468 g/mol. The molecule has 1 saturated heterocycles. The van der Waals surface area contributed by atoms with E-state index in [4.69, 9.17) is 4.74 Å². The summed E-state index contributed by atoms with van der Waals surface area (Å²) in [5, 5.41) is 2.88. The van der Waals surface area contributed by atoms with Crippen molar-refractivity contribution in [2.45, 2.75) is 36.4 Å². The molecule has 1 N–H and O–H groups in total. The average Bonchev–Trinajstić information content (AvgIpc) is 3.20. The molecule has 0 radical (unpaired) electrons. The molecule has 0 saturated carbocycles. The fraction of sp³-hybridized carbons (Fsp3) is 0.409. The molecule has 4 rings (SSSR count). The quantitative estimate of drug-likeness (QED) is 0.731. The minimum absolute atomic E-state index is 0.0715. The van der Waals surface area contributed by atoms with E-state index in [1.165, 1.54) is 0 Å². The van der Waals surface area contributed by atoms with Crippen LogP contribution in [0.15, 0.2) is 53.4 Å². The summed E-state index contributed by atoms with van der Waals surface area (Å²) in [4.78, 5) is 12.2. The summed E-state index contributed by atoms with van der Waals surface area (Å²) in [6.07, 6.45) is -3.45. The molecule has 1 amide bonds. The number of rotatable bonds is 5. The number of carbonyl (C=O) groups is 1. The zero-order chi connectivity index (χ0) is 22.9. The molecular weight excluding hydrogens is 445 g/mol. The van der Waals surface area contributed by atoms with Crippen LogP contribution in [0.25, 0.3) is 0 Å². The Labute approximate surface area is 184 Å². The lowest BCUT2D eigenvalue weighted by atomic mass is 9.97. The Morgan fingerprint density at radius 1 is 1.09 bits per heavy atom. The molecule has 2 heterocycles. The van der Waals surface area contributed by atoms with Crippen LogP contribution in [0.1, 0.15) is 24.0 Å². The molecule has 2 aromatic carbocycles. The van der Waals surface area contributed by atoms with E-state index in [0.29, 0.717) is 31.9 Å². The Morgan fingerprint density at radius 2 is 1.81 bits per heavy atom. The van der Waals surface area contributed by atoms with E-state index in [9.17, 15) is 26.4 Å². The Balaban J connectivity index is 1.30. The summed E-state index contributed by atoms with van der Waals surface area (Å²) in [5.74, 6) is 0.298. The van der Waals surface area contributed by atoms with Crippen LogP contribution in [0.4, 0.5) is 13.2 Å². The van der Waals surface area contributed by atoms with Crippen LogP contribution in [-0.2, 0) is 27.4 Å². The molecule has 2 aromatic rings. The number of alkyl halides is 3. The van der Waals surface area contributed by atoms with Crippen molar-refractivity contribution >= 4 is 15.9 Å². The number of fused-ring (bicyclic) bond motifs is 1. The Bertz CT molecular complexity index is 1070. The molecule has 0 bridgehead atoms. The minimum atomic E-state index is -4.62. The van der Waals surface area contributed by atoms with Crippen LogP contribution >= 0.6 is 0 Å². The summed E-state index contributed by atoms with van der Waals surface area (Å²) in [6, 6.07) is 11.4. The molecule has 10 heteroatoms. The number of para-hydroxylation sites is 1. The van der Waals surface area contributed by atoms with E-state index in [1.807, 2.05) is 24.3 Å². The van der Waals surface area contributed by atoms with Gasteiger partial charge in [-0.25, -0.2) is 8.42 Å². The highest BCUT2D eigenvalue weighted by molar-refractivity contribution is 7.89. The zero-order valence-electron chi connectivity index (χ0n) is 17.1. The molecule has 32 heavy (non-hydrogen) atoms. The first-order chi connectivity index (χ1) is 15.1. The van der Waals surface area contributed by atoms with Gasteiger partial charge in [0.2, 0.25) is 15.9 Å². The third-order valence-electron chi connectivity index (χ3n) is 5.84. The Morgan fingerprint density at radius 3 is 2.50 bits per heavy atom.